The fourth-order valence-electron chi connectivity index (χ4n) is 2.34. The van der Waals surface area contributed by atoms with Gasteiger partial charge in [-0.2, -0.15) is 11.8 Å². The first-order chi connectivity index (χ1) is 10.4. The molecule has 0 spiro atoms. The fourth-order valence-corrected chi connectivity index (χ4v) is 3.51. The van der Waals surface area contributed by atoms with Crippen LogP contribution in [-0.2, 0) is 10.3 Å². The molecule has 0 aromatic heterocycles. The van der Waals surface area contributed by atoms with Crippen molar-refractivity contribution in [2.75, 3.05) is 23.4 Å². The molecule has 1 amide bonds. The second-order valence-electron chi connectivity index (χ2n) is 5.96. The van der Waals surface area contributed by atoms with E-state index in [0.717, 1.165) is 11.5 Å². The number of benzene rings is 1. The zero-order valence-electron chi connectivity index (χ0n) is 12.9. The van der Waals surface area contributed by atoms with Crippen molar-refractivity contribution in [2.24, 2.45) is 5.92 Å². The Labute approximate surface area is 134 Å². The summed E-state index contributed by atoms with van der Waals surface area (Å²) in [6.45, 7) is 4.18. The van der Waals surface area contributed by atoms with Crippen molar-refractivity contribution in [1.82, 2.24) is 0 Å². The Morgan fingerprint density at radius 2 is 2.14 bits per heavy atom. The highest BCUT2D eigenvalue weighted by atomic mass is 32.2. The quantitative estimate of drug-likeness (QED) is 0.884. The summed E-state index contributed by atoms with van der Waals surface area (Å²) in [7, 11) is 0. The van der Waals surface area contributed by atoms with Gasteiger partial charge in [0.05, 0.1) is 12.2 Å². The van der Waals surface area contributed by atoms with E-state index < -0.39 is 17.5 Å². The predicted octanol–water partition coefficient (Wildman–Crippen LogP) is 3.74. The van der Waals surface area contributed by atoms with Crippen LogP contribution < -0.4 is 5.32 Å². The monoisotopic (exact) mass is 327 g/mol. The first-order valence-electron chi connectivity index (χ1n) is 7.44. The molecule has 122 valence electrons. The van der Waals surface area contributed by atoms with E-state index in [4.69, 9.17) is 4.74 Å². The van der Waals surface area contributed by atoms with Gasteiger partial charge in [-0.25, -0.2) is 9.18 Å². The van der Waals surface area contributed by atoms with Gasteiger partial charge in [-0.1, -0.05) is 19.9 Å². The van der Waals surface area contributed by atoms with Gasteiger partial charge in [0.2, 0.25) is 0 Å². The van der Waals surface area contributed by atoms with E-state index in [-0.39, 0.29) is 5.92 Å². The molecule has 2 N–H and O–H groups in total. The van der Waals surface area contributed by atoms with Crippen LogP contribution >= 0.6 is 11.8 Å². The third-order valence-corrected chi connectivity index (χ3v) is 4.57. The number of anilines is 1. The Bertz CT molecular complexity index is 530. The maximum Gasteiger partial charge on any atom is 0.411 e. The van der Waals surface area contributed by atoms with Crippen LogP contribution in [0, 0.1) is 11.7 Å². The van der Waals surface area contributed by atoms with E-state index in [2.05, 4.69) is 5.32 Å². The molecule has 0 radical (unpaired) electrons. The van der Waals surface area contributed by atoms with E-state index in [1.54, 1.807) is 23.9 Å². The number of thioether (sulfide) groups is 1. The number of carbonyl (C=O) groups excluding carboxylic acids is 1. The molecule has 6 heteroatoms. The molecule has 2 rings (SSSR count). The smallest absolute Gasteiger partial charge is 0.411 e. The summed E-state index contributed by atoms with van der Waals surface area (Å²) in [4.78, 5) is 11.6. The van der Waals surface area contributed by atoms with E-state index >= 15 is 0 Å². The van der Waals surface area contributed by atoms with Crippen LogP contribution in [0.3, 0.4) is 0 Å². The summed E-state index contributed by atoms with van der Waals surface area (Å²) in [5.74, 6) is 1.37. The first-order valence-corrected chi connectivity index (χ1v) is 8.60. The van der Waals surface area contributed by atoms with Crippen LogP contribution in [0.5, 0.6) is 0 Å². The number of halogens is 1. The lowest BCUT2D eigenvalue weighted by Crippen LogP contribution is -2.31. The van der Waals surface area contributed by atoms with Crippen molar-refractivity contribution < 1.29 is 19.0 Å². The maximum atomic E-state index is 14.3. The third kappa shape index (κ3) is 4.36. The lowest BCUT2D eigenvalue weighted by molar-refractivity contribution is 0.0246. The van der Waals surface area contributed by atoms with Gasteiger partial charge in [-0.05, 0) is 42.4 Å². The second kappa shape index (κ2) is 7.33. The van der Waals surface area contributed by atoms with Crippen LogP contribution in [0.4, 0.5) is 14.9 Å². The van der Waals surface area contributed by atoms with Crippen molar-refractivity contribution in [3.05, 3.63) is 29.6 Å². The normalized spacial score (nSPS) is 17.3. The molecule has 1 aliphatic heterocycles. The van der Waals surface area contributed by atoms with Gasteiger partial charge < -0.3 is 9.84 Å². The van der Waals surface area contributed by atoms with Crippen molar-refractivity contribution in [1.29, 1.82) is 0 Å². The highest BCUT2D eigenvalue weighted by Gasteiger charge is 2.33. The van der Waals surface area contributed by atoms with Crippen molar-refractivity contribution >= 4 is 23.5 Å². The average molecular weight is 327 g/mol. The maximum absolute atomic E-state index is 14.3. The number of amides is 1. The van der Waals surface area contributed by atoms with Crippen LogP contribution in [0.1, 0.15) is 32.3 Å². The number of ether oxygens (including phenoxy) is 1. The number of hydrogen-bond acceptors (Lipinski definition) is 4. The van der Waals surface area contributed by atoms with E-state index in [1.165, 1.54) is 6.07 Å². The number of aliphatic hydroxyl groups is 1. The van der Waals surface area contributed by atoms with Crippen LogP contribution in [-0.4, -0.2) is 29.3 Å². The molecule has 1 heterocycles. The molecule has 0 unspecified atom stereocenters. The molecule has 0 aliphatic carbocycles. The molecule has 0 bridgehead atoms. The Balaban J connectivity index is 2.04. The number of carbonyl (C=O) groups is 1. The van der Waals surface area contributed by atoms with Gasteiger partial charge in [-0.15, -0.1) is 0 Å². The van der Waals surface area contributed by atoms with E-state index in [9.17, 15) is 14.3 Å². The standard InChI is InChI=1S/C16H22FNO3S/c1-11(2)10-21-15(19)18-12-3-4-13(14(17)9-12)16(20)5-7-22-8-6-16/h3-4,9,11,20H,5-8,10H2,1-2H3,(H,18,19). The molecule has 22 heavy (non-hydrogen) atoms. The van der Waals surface area contributed by atoms with Crippen molar-refractivity contribution in [3.8, 4) is 0 Å². The van der Waals surface area contributed by atoms with Crippen molar-refractivity contribution in [2.45, 2.75) is 32.3 Å². The van der Waals surface area contributed by atoms with Gasteiger partial charge >= 0.3 is 6.09 Å². The molecular formula is C16H22FNO3S. The summed E-state index contributed by atoms with van der Waals surface area (Å²) >= 11 is 1.76. The highest BCUT2D eigenvalue weighted by molar-refractivity contribution is 7.99. The Morgan fingerprint density at radius 3 is 2.73 bits per heavy atom. The minimum Gasteiger partial charge on any atom is -0.449 e. The second-order valence-corrected chi connectivity index (χ2v) is 7.18. The summed E-state index contributed by atoms with van der Waals surface area (Å²) in [5.41, 5.74) is -0.482. The lowest BCUT2D eigenvalue weighted by atomic mass is 9.87. The average Bonchev–Trinajstić information content (AvgIpc) is 2.45. The Kier molecular flexibility index (Phi) is 5.69. The molecule has 1 aromatic carbocycles. The molecule has 1 saturated heterocycles. The van der Waals surface area contributed by atoms with Gasteiger partial charge in [-0.3, -0.25) is 5.32 Å². The van der Waals surface area contributed by atoms with Gasteiger partial charge in [0, 0.05) is 11.3 Å². The van der Waals surface area contributed by atoms with Crippen LogP contribution in [0.25, 0.3) is 0 Å². The molecule has 1 aromatic rings. The summed E-state index contributed by atoms with van der Waals surface area (Å²) in [6.07, 6.45) is 0.476. The van der Waals surface area contributed by atoms with Crippen LogP contribution in [0.2, 0.25) is 0 Å². The van der Waals surface area contributed by atoms with Gasteiger partial charge in [0.15, 0.2) is 0 Å². The van der Waals surface area contributed by atoms with Crippen molar-refractivity contribution in [3.63, 3.8) is 0 Å². The van der Waals surface area contributed by atoms with Crippen LogP contribution in [0.15, 0.2) is 18.2 Å². The predicted molar refractivity (Wildman–Crippen MR) is 86.7 cm³/mol. The number of nitrogens with one attached hydrogen (secondary N) is 1. The molecule has 4 nitrogen and oxygen atoms in total. The van der Waals surface area contributed by atoms with E-state index in [1.807, 2.05) is 13.8 Å². The zero-order chi connectivity index (χ0) is 16.2. The number of hydrogen-bond donors (Lipinski definition) is 2. The highest BCUT2D eigenvalue weighted by Crippen LogP contribution is 2.37. The van der Waals surface area contributed by atoms with E-state index in [0.29, 0.717) is 30.7 Å². The fraction of sp³-hybridized carbons (Fsp3) is 0.562. The van der Waals surface area contributed by atoms with Gasteiger partial charge in [0.25, 0.3) is 0 Å². The SMILES string of the molecule is CC(C)COC(=O)Nc1ccc(C2(O)CCSCC2)c(F)c1. The minimum absolute atomic E-state index is 0.239. The first kappa shape index (κ1) is 17.1. The zero-order valence-corrected chi connectivity index (χ0v) is 13.7. The molecule has 1 aliphatic rings. The lowest BCUT2D eigenvalue weighted by Gasteiger charge is -2.32. The molecule has 0 atom stereocenters. The Morgan fingerprint density at radius 1 is 1.45 bits per heavy atom. The summed E-state index contributed by atoms with van der Waals surface area (Å²) < 4.78 is 19.3. The minimum atomic E-state index is -1.11. The molecular weight excluding hydrogens is 305 g/mol. The Hall–Kier alpha value is -1.27. The molecule has 0 saturated carbocycles. The topological polar surface area (TPSA) is 58.6 Å². The van der Waals surface area contributed by atoms with Gasteiger partial charge in [0.1, 0.15) is 5.82 Å². The third-order valence-electron chi connectivity index (χ3n) is 3.58. The number of rotatable bonds is 4. The summed E-state index contributed by atoms with van der Waals surface area (Å²) in [6, 6.07) is 4.36. The molecule has 1 fully saturated rings. The summed E-state index contributed by atoms with van der Waals surface area (Å²) in [5, 5.41) is 13.1. The largest absolute Gasteiger partial charge is 0.449 e.